The molecule has 124 valence electrons. The topological polar surface area (TPSA) is 90.3 Å². The van der Waals surface area contributed by atoms with Crippen molar-refractivity contribution in [2.24, 2.45) is 7.05 Å². The number of aromatic nitrogens is 2. The number of sulfonamides is 1. The van der Waals surface area contributed by atoms with E-state index in [9.17, 15) is 13.2 Å². The summed E-state index contributed by atoms with van der Waals surface area (Å²) in [6.07, 6.45) is 0. The van der Waals surface area contributed by atoms with Crippen molar-refractivity contribution in [1.29, 1.82) is 0 Å². The number of aryl methyl sites for hydroxylation is 2. The molecule has 8 heteroatoms. The molecule has 1 heterocycles. The van der Waals surface area contributed by atoms with Crippen molar-refractivity contribution in [3.63, 3.8) is 0 Å². The highest BCUT2D eigenvalue weighted by Crippen LogP contribution is 2.24. The zero-order valence-corrected chi connectivity index (χ0v) is 14.5. The average molecular weight is 337 g/mol. The van der Waals surface area contributed by atoms with E-state index in [2.05, 4.69) is 14.6 Å². The quantitative estimate of drug-likeness (QED) is 0.861. The highest BCUT2D eigenvalue weighted by molar-refractivity contribution is 7.92. The molecule has 0 radical (unpaired) electrons. The maximum absolute atomic E-state index is 12.7. The molecule has 2 rings (SSSR count). The fraction of sp³-hybridized carbons (Fsp3) is 0.333. The summed E-state index contributed by atoms with van der Waals surface area (Å²) in [7, 11) is -0.943. The fourth-order valence-corrected chi connectivity index (χ4v) is 3.75. The van der Waals surface area contributed by atoms with Gasteiger partial charge in [-0.3, -0.25) is 9.40 Å². The second kappa shape index (κ2) is 6.04. The molecule has 0 unspecified atom stereocenters. The summed E-state index contributed by atoms with van der Waals surface area (Å²) in [6.45, 7) is 5.16. The molecule has 1 aromatic heterocycles. The smallest absolute Gasteiger partial charge is 0.338 e. The Morgan fingerprint density at radius 1 is 1.22 bits per heavy atom. The number of nitrogens with zero attached hydrogens (tertiary/aromatic N) is 2. The van der Waals surface area contributed by atoms with Gasteiger partial charge in [-0.15, -0.1) is 0 Å². The van der Waals surface area contributed by atoms with E-state index in [-0.39, 0.29) is 10.5 Å². The van der Waals surface area contributed by atoms with Gasteiger partial charge in [-0.25, -0.2) is 13.2 Å². The van der Waals surface area contributed by atoms with Crippen LogP contribution in [0.5, 0.6) is 0 Å². The Bertz CT molecular complexity index is 869. The Labute approximate surface area is 135 Å². The number of rotatable bonds is 4. The molecule has 23 heavy (non-hydrogen) atoms. The largest absolute Gasteiger partial charge is 0.465 e. The van der Waals surface area contributed by atoms with Crippen LogP contribution in [0.25, 0.3) is 0 Å². The zero-order valence-electron chi connectivity index (χ0n) is 13.7. The van der Waals surface area contributed by atoms with Crippen LogP contribution in [-0.4, -0.2) is 31.3 Å². The molecule has 0 aliphatic carbocycles. The number of hydrogen-bond acceptors (Lipinski definition) is 5. The molecule has 0 fully saturated rings. The van der Waals surface area contributed by atoms with Gasteiger partial charge in [0.2, 0.25) is 0 Å². The summed E-state index contributed by atoms with van der Waals surface area (Å²) in [6, 6.07) is 4.48. The maximum Gasteiger partial charge on any atom is 0.338 e. The predicted octanol–water partition coefficient (Wildman–Crippen LogP) is 1.93. The van der Waals surface area contributed by atoms with Gasteiger partial charge in [0.05, 0.1) is 23.3 Å². The number of hydrogen-bond donors (Lipinski definition) is 1. The molecule has 0 amide bonds. The molecule has 1 aromatic carbocycles. The minimum atomic E-state index is -3.86. The van der Waals surface area contributed by atoms with E-state index < -0.39 is 16.0 Å². The first kappa shape index (κ1) is 17.0. The average Bonchev–Trinajstić information content (AvgIpc) is 2.72. The van der Waals surface area contributed by atoms with Crippen LogP contribution in [0.3, 0.4) is 0 Å². The summed E-state index contributed by atoms with van der Waals surface area (Å²) in [5, 5.41) is 4.19. The van der Waals surface area contributed by atoms with Crippen LogP contribution in [-0.2, 0) is 21.8 Å². The molecule has 0 bridgehead atoms. The molecule has 2 aromatic rings. The Morgan fingerprint density at radius 2 is 1.87 bits per heavy atom. The van der Waals surface area contributed by atoms with Crippen LogP contribution >= 0.6 is 0 Å². The summed E-state index contributed by atoms with van der Waals surface area (Å²) in [5.74, 6) is -0.183. The van der Waals surface area contributed by atoms with Crippen molar-refractivity contribution < 1.29 is 17.9 Å². The zero-order chi connectivity index (χ0) is 17.4. The second-order valence-electron chi connectivity index (χ2n) is 5.21. The van der Waals surface area contributed by atoms with Crippen LogP contribution in [0.1, 0.15) is 27.2 Å². The standard InChI is InChI=1S/C15H19N3O4S/c1-9-11(3)16-18(4)14(9)17-23(20,21)13-8-6-7-12(10(13)2)15(19)22-5/h6-8,17H,1-5H3. The number of methoxy groups -OCH3 is 1. The van der Waals surface area contributed by atoms with Gasteiger partial charge in [0.15, 0.2) is 0 Å². The molecule has 0 aliphatic heterocycles. The number of ether oxygens (including phenoxy) is 1. The van der Waals surface area contributed by atoms with Gasteiger partial charge in [0.1, 0.15) is 5.82 Å². The number of anilines is 1. The molecule has 1 N–H and O–H groups in total. The Hall–Kier alpha value is -2.35. The first-order valence-corrected chi connectivity index (χ1v) is 8.38. The molecule has 0 saturated carbocycles. The molecule has 7 nitrogen and oxygen atoms in total. The molecule has 0 saturated heterocycles. The van der Waals surface area contributed by atoms with Crippen molar-refractivity contribution in [2.45, 2.75) is 25.7 Å². The van der Waals surface area contributed by atoms with Crippen LogP contribution in [0, 0.1) is 20.8 Å². The van der Waals surface area contributed by atoms with E-state index >= 15 is 0 Å². The van der Waals surface area contributed by atoms with Crippen LogP contribution in [0.4, 0.5) is 5.82 Å². The third-order valence-corrected chi connectivity index (χ3v) is 5.21. The minimum Gasteiger partial charge on any atom is -0.465 e. The van der Waals surface area contributed by atoms with Crippen LogP contribution < -0.4 is 4.72 Å². The first-order chi connectivity index (χ1) is 10.7. The van der Waals surface area contributed by atoms with Crippen molar-refractivity contribution in [3.05, 3.63) is 40.6 Å². The van der Waals surface area contributed by atoms with Crippen LogP contribution in [0.15, 0.2) is 23.1 Å². The van der Waals surface area contributed by atoms with Crippen molar-refractivity contribution in [3.8, 4) is 0 Å². The lowest BCUT2D eigenvalue weighted by Gasteiger charge is -2.13. The summed E-state index contributed by atoms with van der Waals surface area (Å²) in [5.41, 5.74) is 2.04. The van der Waals surface area contributed by atoms with E-state index in [0.717, 1.165) is 11.3 Å². The third kappa shape index (κ3) is 3.07. The third-order valence-electron chi connectivity index (χ3n) is 3.73. The molecular weight excluding hydrogens is 318 g/mol. The number of carbonyl (C=O) groups is 1. The van der Waals surface area contributed by atoms with Crippen molar-refractivity contribution >= 4 is 21.8 Å². The van der Waals surface area contributed by atoms with Gasteiger partial charge in [-0.1, -0.05) is 6.07 Å². The minimum absolute atomic E-state index is 0.0265. The van der Waals surface area contributed by atoms with E-state index in [4.69, 9.17) is 0 Å². The number of carbonyl (C=O) groups excluding carboxylic acids is 1. The summed E-state index contributed by atoms with van der Waals surface area (Å²) in [4.78, 5) is 11.8. The monoisotopic (exact) mass is 337 g/mol. The highest BCUT2D eigenvalue weighted by atomic mass is 32.2. The van der Waals surface area contributed by atoms with Gasteiger partial charge in [0.25, 0.3) is 10.0 Å². The van der Waals surface area contributed by atoms with Crippen molar-refractivity contribution in [2.75, 3.05) is 11.8 Å². The molecular formula is C15H19N3O4S. The second-order valence-corrected chi connectivity index (χ2v) is 6.86. The Morgan fingerprint density at radius 3 is 2.39 bits per heavy atom. The number of benzene rings is 1. The maximum atomic E-state index is 12.7. The molecule has 0 spiro atoms. The van der Waals surface area contributed by atoms with E-state index in [1.54, 1.807) is 27.8 Å². The van der Waals surface area contributed by atoms with Crippen molar-refractivity contribution in [1.82, 2.24) is 9.78 Å². The summed E-state index contributed by atoms with van der Waals surface area (Å²) < 4.78 is 34.1. The number of esters is 1. The summed E-state index contributed by atoms with van der Waals surface area (Å²) >= 11 is 0. The normalized spacial score (nSPS) is 11.3. The van der Waals surface area contributed by atoms with E-state index in [0.29, 0.717) is 11.4 Å². The molecule has 0 aliphatic rings. The van der Waals surface area contributed by atoms with Gasteiger partial charge >= 0.3 is 5.97 Å². The van der Waals surface area contributed by atoms with E-state index in [1.165, 1.54) is 30.0 Å². The van der Waals surface area contributed by atoms with E-state index in [1.807, 2.05) is 0 Å². The lowest BCUT2D eigenvalue weighted by molar-refractivity contribution is 0.0599. The van der Waals surface area contributed by atoms with Gasteiger partial charge in [0, 0.05) is 12.6 Å². The van der Waals surface area contributed by atoms with Crippen LogP contribution in [0.2, 0.25) is 0 Å². The lowest BCUT2D eigenvalue weighted by atomic mass is 10.1. The fourth-order valence-electron chi connectivity index (χ4n) is 2.33. The predicted molar refractivity (Wildman–Crippen MR) is 86.0 cm³/mol. The lowest BCUT2D eigenvalue weighted by Crippen LogP contribution is -2.18. The van der Waals surface area contributed by atoms with Gasteiger partial charge < -0.3 is 4.74 Å². The Balaban J connectivity index is 2.51. The SMILES string of the molecule is COC(=O)c1cccc(S(=O)(=O)Nc2c(C)c(C)nn2C)c1C. The Kier molecular flexibility index (Phi) is 4.46. The van der Waals surface area contributed by atoms with Gasteiger partial charge in [-0.2, -0.15) is 5.10 Å². The first-order valence-electron chi connectivity index (χ1n) is 6.90. The van der Waals surface area contributed by atoms with Gasteiger partial charge in [-0.05, 0) is 38.5 Å². The highest BCUT2D eigenvalue weighted by Gasteiger charge is 2.23. The molecule has 0 atom stereocenters. The number of nitrogens with one attached hydrogen (secondary N) is 1.